The molecule has 0 spiro atoms. The van der Waals surface area contributed by atoms with Crippen LogP contribution in [0.3, 0.4) is 0 Å². The second-order valence-electron chi connectivity index (χ2n) is 6.38. The smallest absolute Gasteiger partial charge is 0.340 e. The van der Waals surface area contributed by atoms with Crippen LogP contribution < -0.4 is 20.8 Å². The number of esters is 1. The standard InChI is InChI=1S/C9H7FN2O2.C9H10FNO3.C4H10O/c1-14-8-2-5-7(3-6(8)10)11-4-12-9(5)13;1-13-8-3-5(9(12)14-2)7(11)4-6(8)10;1-2-3-4-5/h2-4H,1H3,(H,11,12,13);3-4H,11H2,1-2H3;5H,2-4H2,1H3. The molecule has 0 unspecified atom stereocenters. The number of unbranched alkanes of at least 4 members (excludes halogenated alkanes) is 1. The number of halogens is 2. The molecule has 0 aliphatic carbocycles. The number of aromatic nitrogens is 2. The zero-order valence-electron chi connectivity index (χ0n) is 18.8. The summed E-state index contributed by atoms with van der Waals surface area (Å²) in [6.45, 7) is 2.40. The number of benzene rings is 2. The largest absolute Gasteiger partial charge is 0.494 e. The van der Waals surface area contributed by atoms with Crippen molar-refractivity contribution in [3.8, 4) is 11.5 Å². The number of nitrogens with two attached hydrogens (primary N) is 1. The lowest BCUT2D eigenvalue weighted by atomic mass is 10.1. The Kier molecular flexibility index (Phi) is 11.3. The Labute approximate surface area is 189 Å². The van der Waals surface area contributed by atoms with Crippen LogP contribution >= 0.6 is 0 Å². The van der Waals surface area contributed by atoms with Crippen molar-refractivity contribution in [2.45, 2.75) is 19.8 Å². The Hall–Kier alpha value is -3.73. The molecule has 33 heavy (non-hydrogen) atoms. The van der Waals surface area contributed by atoms with Crippen molar-refractivity contribution in [2.24, 2.45) is 0 Å². The van der Waals surface area contributed by atoms with E-state index in [9.17, 15) is 18.4 Å². The molecular formula is C22H27F2N3O6. The lowest BCUT2D eigenvalue weighted by Crippen LogP contribution is -2.06. The van der Waals surface area contributed by atoms with Gasteiger partial charge >= 0.3 is 5.97 Å². The van der Waals surface area contributed by atoms with E-state index >= 15 is 0 Å². The Balaban J connectivity index is 0.000000275. The van der Waals surface area contributed by atoms with Crippen molar-refractivity contribution in [3.63, 3.8) is 0 Å². The Bertz CT molecular complexity index is 1120. The molecule has 3 rings (SSSR count). The monoisotopic (exact) mass is 467 g/mol. The van der Waals surface area contributed by atoms with Crippen molar-refractivity contribution in [3.05, 3.63) is 58.1 Å². The van der Waals surface area contributed by atoms with Crippen LogP contribution in [0.1, 0.15) is 30.1 Å². The number of carbonyl (C=O) groups excluding carboxylic acids is 1. The first kappa shape index (κ1) is 27.3. The zero-order valence-corrected chi connectivity index (χ0v) is 18.8. The first-order valence-electron chi connectivity index (χ1n) is 9.77. The van der Waals surface area contributed by atoms with Gasteiger partial charge in [0.25, 0.3) is 5.56 Å². The van der Waals surface area contributed by atoms with Gasteiger partial charge in [0.15, 0.2) is 23.1 Å². The molecule has 0 saturated carbocycles. The van der Waals surface area contributed by atoms with E-state index in [2.05, 4.69) is 21.6 Å². The van der Waals surface area contributed by atoms with Gasteiger partial charge in [-0.25, -0.2) is 18.6 Å². The highest BCUT2D eigenvalue weighted by Crippen LogP contribution is 2.24. The summed E-state index contributed by atoms with van der Waals surface area (Å²) in [7, 11) is 3.86. The summed E-state index contributed by atoms with van der Waals surface area (Å²) in [5.41, 5.74) is 5.54. The van der Waals surface area contributed by atoms with Crippen LogP contribution in [0.4, 0.5) is 14.5 Å². The molecule has 0 aliphatic heterocycles. The number of nitrogens with zero attached hydrogens (tertiary/aromatic N) is 1. The average Bonchev–Trinajstić information content (AvgIpc) is 2.80. The van der Waals surface area contributed by atoms with Crippen molar-refractivity contribution >= 4 is 22.6 Å². The van der Waals surface area contributed by atoms with Crippen molar-refractivity contribution < 1.29 is 32.9 Å². The number of carbonyl (C=O) groups is 1. The fourth-order valence-corrected chi connectivity index (χ4v) is 2.40. The van der Waals surface area contributed by atoms with Gasteiger partial charge in [0.2, 0.25) is 0 Å². The van der Waals surface area contributed by atoms with Crippen molar-refractivity contribution in [2.75, 3.05) is 33.7 Å². The summed E-state index contributed by atoms with van der Waals surface area (Å²) >= 11 is 0. The van der Waals surface area contributed by atoms with E-state index in [0.717, 1.165) is 18.9 Å². The Morgan fingerprint density at radius 3 is 2.21 bits per heavy atom. The number of hydrogen-bond acceptors (Lipinski definition) is 8. The highest BCUT2D eigenvalue weighted by atomic mass is 19.1. The maximum absolute atomic E-state index is 13.2. The maximum Gasteiger partial charge on any atom is 0.340 e. The summed E-state index contributed by atoms with van der Waals surface area (Å²) in [6, 6.07) is 4.72. The van der Waals surface area contributed by atoms with E-state index in [-0.39, 0.29) is 28.3 Å². The van der Waals surface area contributed by atoms with Gasteiger partial charge in [-0.2, -0.15) is 0 Å². The minimum atomic E-state index is -0.624. The summed E-state index contributed by atoms with van der Waals surface area (Å²) < 4.78 is 40.1. The molecule has 0 amide bonds. The predicted molar refractivity (Wildman–Crippen MR) is 120 cm³/mol. The fourth-order valence-electron chi connectivity index (χ4n) is 2.40. The molecule has 0 atom stereocenters. The zero-order chi connectivity index (χ0) is 25.0. The minimum absolute atomic E-state index is 0.0233. The highest BCUT2D eigenvalue weighted by molar-refractivity contribution is 5.95. The number of fused-ring (bicyclic) bond motifs is 1. The van der Waals surface area contributed by atoms with Gasteiger partial charge in [-0.05, 0) is 18.6 Å². The minimum Gasteiger partial charge on any atom is -0.494 e. The summed E-state index contributed by atoms with van der Waals surface area (Å²) in [6.07, 6.45) is 3.27. The van der Waals surface area contributed by atoms with E-state index < -0.39 is 17.6 Å². The van der Waals surface area contributed by atoms with Gasteiger partial charge < -0.3 is 30.0 Å². The third kappa shape index (κ3) is 7.72. The maximum atomic E-state index is 13.2. The molecule has 0 bridgehead atoms. The second-order valence-corrected chi connectivity index (χ2v) is 6.38. The predicted octanol–water partition coefficient (Wildman–Crippen LogP) is 3.05. The molecule has 3 aromatic rings. The number of hydrogen-bond donors (Lipinski definition) is 3. The number of anilines is 1. The van der Waals surface area contributed by atoms with Crippen LogP contribution in [0.25, 0.3) is 10.9 Å². The van der Waals surface area contributed by atoms with Gasteiger partial charge in [0.05, 0.1) is 44.1 Å². The summed E-state index contributed by atoms with van der Waals surface area (Å²) in [5, 5.41) is 8.38. The van der Waals surface area contributed by atoms with Gasteiger partial charge in [-0.15, -0.1) is 0 Å². The van der Waals surface area contributed by atoms with E-state index in [0.29, 0.717) is 17.5 Å². The van der Waals surface area contributed by atoms with Crippen LogP contribution in [0.15, 0.2) is 35.4 Å². The van der Waals surface area contributed by atoms with Gasteiger partial charge in [0, 0.05) is 24.4 Å². The third-order valence-electron chi connectivity index (χ3n) is 4.15. The number of aromatic amines is 1. The lowest BCUT2D eigenvalue weighted by molar-refractivity contribution is 0.0601. The van der Waals surface area contributed by atoms with Crippen molar-refractivity contribution in [1.29, 1.82) is 0 Å². The molecule has 0 fully saturated rings. The number of methoxy groups -OCH3 is 3. The molecule has 1 heterocycles. The van der Waals surface area contributed by atoms with E-state index in [1.807, 2.05) is 0 Å². The molecule has 4 N–H and O–H groups in total. The topological polar surface area (TPSA) is 137 Å². The van der Waals surface area contributed by atoms with E-state index in [1.165, 1.54) is 45.9 Å². The SMILES string of the molecule is CCCCO.COC(=O)c1cc(OC)c(F)cc1N.COc1cc2c(=O)[nH]cnc2cc1F. The number of aliphatic hydroxyl groups is 1. The molecular weight excluding hydrogens is 440 g/mol. The molecule has 180 valence electrons. The molecule has 1 aromatic heterocycles. The van der Waals surface area contributed by atoms with Crippen LogP contribution in [0, 0.1) is 11.6 Å². The van der Waals surface area contributed by atoms with Crippen LogP contribution in [-0.4, -0.2) is 49.0 Å². The Morgan fingerprint density at radius 1 is 1.09 bits per heavy atom. The summed E-state index contributed by atoms with van der Waals surface area (Å²) in [4.78, 5) is 28.6. The number of rotatable bonds is 5. The number of aliphatic hydroxyl groups excluding tert-OH is 1. The number of nitrogens with one attached hydrogen (secondary N) is 1. The molecule has 0 saturated heterocycles. The van der Waals surface area contributed by atoms with Crippen LogP contribution in [0.5, 0.6) is 11.5 Å². The van der Waals surface area contributed by atoms with E-state index in [1.54, 1.807) is 0 Å². The molecule has 11 heteroatoms. The van der Waals surface area contributed by atoms with Gasteiger partial charge in [0.1, 0.15) is 0 Å². The summed E-state index contributed by atoms with van der Waals surface area (Å²) in [5.74, 6) is -1.77. The normalized spacial score (nSPS) is 9.79. The van der Waals surface area contributed by atoms with Gasteiger partial charge in [-0.1, -0.05) is 13.3 Å². The Morgan fingerprint density at radius 2 is 1.70 bits per heavy atom. The molecule has 2 aromatic carbocycles. The quantitative estimate of drug-likeness (QED) is 0.385. The number of H-pyrrole nitrogens is 1. The lowest BCUT2D eigenvalue weighted by Gasteiger charge is -2.07. The van der Waals surface area contributed by atoms with Crippen LogP contribution in [0.2, 0.25) is 0 Å². The van der Waals surface area contributed by atoms with Gasteiger partial charge in [-0.3, -0.25) is 4.79 Å². The number of ether oxygens (including phenoxy) is 3. The second kappa shape index (κ2) is 13.6. The molecule has 0 aliphatic rings. The third-order valence-corrected chi connectivity index (χ3v) is 4.15. The number of nitrogen functional groups attached to an aromatic ring is 1. The van der Waals surface area contributed by atoms with E-state index in [4.69, 9.17) is 20.3 Å². The first-order valence-corrected chi connectivity index (χ1v) is 9.77. The first-order chi connectivity index (χ1) is 15.7. The van der Waals surface area contributed by atoms with Crippen molar-refractivity contribution in [1.82, 2.24) is 9.97 Å². The average molecular weight is 467 g/mol. The fraction of sp³-hybridized carbons (Fsp3) is 0.318. The van der Waals surface area contributed by atoms with Crippen LogP contribution in [-0.2, 0) is 4.74 Å². The highest BCUT2D eigenvalue weighted by Gasteiger charge is 2.14. The molecule has 9 nitrogen and oxygen atoms in total. The molecule has 0 radical (unpaired) electrons.